The van der Waals surface area contributed by atoms with Crippen molar-refractivity contribution >= 4 is 38.3 Å². The minimum atomic E-state index is -3.94. The van der Waals surface area contributed by atoms with Crippen molar-refractivity contribution in [3.63, 3.8) is 0 Å². The predicted molar refractivity (Wildman–Crippen MR) is 160 cm³/mol. The van der Waals surface area contributed by atoms with Crippen LogP contribution in [0.5, 0.6) is 5.88 Å². The van der Waals surface area contributed by atoms with E-state index in [0.29, 0.717) is 29.2 Å². The van der Waals surface area contributed by atoms with E-state index in [1.807, 2.05) is 19.1 Å². The molecule has 1 saturated carbocycles. The normalized spacial score (nSPS) is 17.6. The largest absolute Gasteiger partial charge is 0.481 e. The van der Waals surface area contributed by atoms with Crippen LogP contribution in [0.3, 0.4) is 0 Å². The lowest BCUT2D eigenvalue weighted by Gasteiger charge is -2.32. The van der Waals surface area contributed by atoms with E-state index < -0.39 is 21.4 Å². The van der Waals surface area contributed by atoms with Crippen molar-refractivity contribution in [1.29, 1.82) is 0 Å². The molecule has 4 aromatic rings. The van der Waals surface area contributed by atoms with Crippen LogP contribution in [0.1, 0.15) is 36.9 Å². The lowest BCUT2D eigenvalue weighted by atomic mass is 9.90. The number of sulfone groups is 1. The highest BCUT2D eigenvalue weighted by molar-refractivity contribution is 7.90. The number of aryl methyl sites for hydroxylation is 1. The van der Waals surface area contributed by atoms with Gasteiger partial charge in [-0.15, -0.1) is 0 Å². The topological polar surface area (TPSA) is 97.3 Å². The monoisotopic (exact) mass is 597 g/mol. The van der Waals surface area contributed by atoms with Gasteiger partial charge in [-0.2, -0.15) is 0 Å². The van der Waals surface area contributed by atoms with E-state index in [0.717, 1.165) is 42.1 Å². The summed E-state index contributed by atoms with van der Waals surface area (Å²) >= 11 is 6.08. The van der Waals surface area contributed by atoms with Crippen molar-refractivity contribution in [2.24, 2.45) is 0 Å². The second kappa shape index (κ2) is 11.9. The molecule has 1 N–H and O–H groups in total. The highest BCUT2D eigenvalue weighted by Crippen LogP contribution is 2.35. The third kappa shape index (κ3) is 6.29. The minimum absolute atomic E-state index is 0.0698. The summed E-state index contributed by atoms with van der Waals surface area (Å²) in [4.78, 5) is 15.8. The standard InChI is InChI=1S/C30H33ClFN5O3S/c1-18-13-19(14-20-16-33-30(36-28(18)20)34-21-9-11-22(12-10-21)37(2)3)23-15-25(32)26(35-29(23)40-4)17-41(38,39)27-8-6-5-7-24(27)31/h5-8,13-16,21-22H,9-12,17H2,1-4H3,(H,33,34,36). The lowest BCUT2D eigenvalue weighted by Crippen LogP contribution is -2.36. The van der Waals surface area contributed by atoms with Gasteiger partial charge in [-0.3, -0.25) is 0 Å². The van der Waals surface area contributed by atoms with Gasteiger partial charge in [0.15, 0.2) is 9.84 Å². The van der Waals surface area contributed by atoms with Crippen molar-refractivity contribution in [1.82, 2.24) is 19.9 Å². The summed E-state index contributed by atoms with van der Waals surface area (Å²) in [6.07, 6.45) is 6.16. The van der Waals surface area contributed by atoms with E-state index in [1.165, 1.54) is 25.3 Å². The zero-order chi connectivity index (χ0) is 29.3. The lowest BCUT2D eigenvalue weighted by molar-refractivity contribution is 0.221. The van der Waals surface area contributed by atoms with Crippen LogP contribution < -0.4 is 10.1 Å². The van der Waals surface area contributed by atoms with E-state index in [4.69, 9.17) is 21.3 Å². The average Bonchev–Trinajstić information content (AvgIpc) is 2.94. The van der Waals surface area contributed by atoms with Crippen molar-refractivity contribution < 1.29 is 17.5 Å². The first-order valence-electron chi connectivity index (χ1n) is 13.5. The van der Waals surface area contributed by atoms with Gasteiger partial charge in [0.25, 0.3) is 0 Å². The first-order chi connectivity index (χ1) is 19.6. The third-order valence-electron chi connectivity index (χ3n) is 7.65. The molecule has 0 atom stereocenters. The van der Waals surface area contributed by atoms with E-state index >= 15 is 4.39 Å². The van der Waals surface area contributed by atoms with Gasteiger partial charge >= 0.3 is 0 Å². The van der Waals surface area contributed by atoms with Crippen LogP contribution in [0.25, 0.3) is 22.0 Å². The maximum absolute atomic E-state index is 15.3. The van der Waals surface area contributed by atoms with Gasteiger partial charge in [-0.05, 0) is 88.2 Å². The Labute approximate surface area is 244 Å². The molecule has 41 heavy (non-hydrogen) atoms. The number of halogens is 2. The SMILES string of the molecule is COc1nc(CS(=O)(=O)c2ccccc2Cl)c(F)cc1-c1cc(C)c2nc(NC3CCC(N(C)C)CC3)ncc2c1. The Bertz CT molecular complexity index is 1690. The highest BCUT2D eigenvalue weighted by atomic mass is 35.5. The first-order valence-corrected chi connectivity index (χ1v) is 15.5. The van der Waals surface area contributed by atoms with Gasteiger partial charge in [0.05, 0.1) is 28.2 Å². The molecule has 2 aromatic heterocycles. The van der Waals surface area contributed by atoms with Crippen molar-refractivity contribution in [2.75, 3.05) is 26.5 Å². The zero-order valence-corrected chi connectivity index (χ0v) is 25.1. The number of ether oxygens (including phenoxy) is 1. The average molecular weight is 598 g/mol. The van der Waals surface area contributed by atoms with Gasteiger partial charge in [0.1, 0.15) is 11.6 Å². The Balaban J connectivity index is 1.41. The van der Waals surface area contributed by atoms with Crippen LogP contribution >= 0.6 is 11.6 Å². The third-order valence-corrected chi connectivity index (χ3v) is 9.77. The fourth-order valence-corrected chi connectivity index (χ4v) is 7.25. The highest BCUT2D eigenvalue weighted by Gasteiger charge is 2.25. The van der Waals surface area contributed by atoms with Crippen molar-refractivity contribution in [3.8, 4) is 17.0 Å². The number of hydrogen-bond donors (Lipinski definition) is 1. The quantitative estimate of drug-likeness (QED) is 0.262. The zero-order valence-electron chi connectivity index (χ0n) is 23.5. The molecule has 0 saturated heterocycles. The van der Waals surface area contributed by atoms with Crippen LogP contribution in [0.4, 0.5) is 10.3 Å². The number of anilines is 1. The molecule has 0 spiro atoms. The Morgan fingerprint density at radius 2 is 1.83 bits per heavy atom. The Kier molecular flexibility index (Phi) is 8.45. The van der Waals surface area contributed by atoms with Crippen LogP contribution in [0.15, 0.2) is 53.6 Å². The van der Waals surface area contributed by atoms with E-state index in [-0.39, 0.29) is 21.5 Å². The minimum Gasteiger partial charge on any atom is -0.481 e. The molecule has 0 bridgehead atoms. The molecule has 2 aromatic carbocycles. The number of aromatic nitrogens is 3. The molecule has 0 aliphatic heterocycles. The Morgan fingerprint density at radius 1 is 1.10 bits per heavy atom. The number of nitrogens with zero attached hydrogens (tertiary/aromatic N) is 4. The summed E-state index contributed by atoms with van der Waals surface area (Å²) < 4.78 is 46.7. The number of hydrogen-bond acceptors (Lipinski definition) is 8. The molecule has 5 rings (SSSR count). The summed E-state index contributed by atoms with van der Waals surface area (Å²) in [6, 6.07) is 12.0. The number of pyridine rings is 1. The van der Waals surface area contributed by atoms with Gasteiger partial charge in [-0.25, -0.2) is 27.8 Å². The molecule has 0 unspecified atom stereocenters. The van der Waals surface area contributed by atoms with Gasteiger partial charge in [0.2, 0.25) is 11.8 Å². The fourth-order valence-electron chi connectivity index (χ4n) is 5.39. The summed E-state index contributed by atoms with van der Waals surface area (Å²) in [5.41, 5.74) is 2.48. The van der Waals surface area contributed by atoms with E-state index in [2.05, 4.69) is 34.3 Å². The number of methoxy groups -OCH3 is 1. The molecule has 1 aliphatic rings. The molecule has 0 amide bonds. The van der Waals surface area contributed by atoms with Gasteiger partial charge in [0, 0.05) is 29.2 Å². The number of fused-ring (bicyclic) bond motifs is 1. The second-order valence-electron chi connectivity index (χ2n) is 10.7. The summed E-state index contributed by atoms with van der Waals surface area (Å²) in [5, 5.41) is 4.35. The number of benzene rings is 2. The molecule has 0 radical (unpaired) electrons. The Morgan fingerprint density at radius 3 is 2.51 bits per heavy atom. The van der Waals surface area contributed by atoms with Gasteiger partial charge < -0.3 is 15.0 Å². The van der Waals surface area contributed by atoms with Crippen molar-refractivity contribution in [2.45, 2.75) is 55.3 Å². The van der Waals surface area contributed by atoms with Gasteiger partial charge in [-0.1, -0.05) is 23.7 Å². The fraction of sp³-hybridized carbons (Fsp3) is 0.367. The summed E-state index contributed by atoms with van der Waals surface area (Å²) in [5.74, 6) is -0.705. The van der Waals surface area contributed by atoms with E-state index in [1.54, 1.807) is 18.3 Å². The predicted octanol–water partition coefficient (Wildman–Crippen LogP) is 6.06. The molecule has 11 heteroatoms. The number of rotatable bonds is 8. The second-order valence-corrected chi connectivity index (χ2v) is 13.1. The van der Waals surface area contributed by atoms with Crippen LogP contribution in [-0.2, 0) is 15.6 Å². The molecule has 2 heterocycles. The molecular weight excluding hydrogens is 565 g/mol. The maximum atomic E-state index is 15.3. The Hall–Kier alpha value is -3.34. The molecule has 216 valence electrons. The molecular formula is C30H33ClFN5O3S. The molecule has 1 aliphatic carbocycles. The number of nitrogens with one attached hydrogen (secondary N) is 1. The summed E-state index contributed by atoms with van der Waals surface area (Å²) in [6.45, 7) is 1.94. The molecule has 1 fully saturated rings. The van der Waals surface area contributed by atoms with Crippen LogP contribution in [0.2, 0.25) is 5.02 Å². The van der Waals surface area contributed by atoms with Crippen LogP contribution in [0, 0.1) is 12.7 Å². The smallest absolute Gasteiger partial charge is 0.223 e. The van der Waals surface area contributed by atoms with Crippen LogP contribution in [-0.4, -0.2) is 61.6 Å². The molecule has 8 nitrogen and oxygen atoms in total. The summed E-state index contributed by atoms with van der Waals surface area (Å²) in [7, 11) is 1.73. The van der Waals surface area contributed by atoms with Crippen molar-refractivity contribution in [3.05, 3.63) is 70.8 Å². The van der Waals surface area contributed by atoms with E-state index in [9.17, 15) is 8.42 Å². The maximum Gasteiger partial charge on any atom is 0.223 e. The first kappa shape index (κ1) is 29.2.